The average Bonchev–Trinajstić information content (AvgIpc) is 2.68. The van der Waals surface area contributed by atoms with Crippen molar-refractivity contribution in [1.82, 2.24) is 4.31 Å². The molecule has 0 saturated carbocycles. The second-order valence-electron chi connectivity index (χ2n) is 6.37. The van der Waals surface area contributed by atoms with Gasteiger partial charge in [0.1, 0.15) is 0 Å². The first-order valence-corrected chi connectivity index (χ1v) is 10.7. The minimum absolute atomic E-state index is 0.0130. The summed E-state index contributed by atoms with van der Waals surface area (Å²) in [6.45, 7) is 2.53. The highest BCUT2D eigenvalue weighted by molar-refractivity contribution is 7.89. The molecule has 2 N–H and O–H groups in total. The Kier molecular flexibility index (Phi) is 6.53. The molecule has 0 spiro atoms. The molecule has 0 aliphatic carbocycles. The minimum atomic E-state index is -3.76. The summed E-state index contributed by atoms with van der Waals surface area (Å²) < 4.78 is 32.2. The van der Waals surface area contributed by atoms with Crippen LogP contribution in [0.4, 0.5) is 11.4 Å². The quantitative estimate of drug-likeness (QED) is 0.748. The molecule has 29 heavy (non-hydrogen) atoms. The highest BCUT2D eigenvalue weighted by Gasteiger charge is 2.27. The Hall–Kier alpha value is -2.46. The van der Waals surface area contributed by atoms with Crippen molar-refractivity contribution in [2.45, 2.75) is 11.8 Å². The van der Waals surface area contributed by atoms with Crippen LogP contribution < -0.4 is 10.6 Å². The molecular weight excluding hydrogens is 418 g/mol. The van der Waals surface area contributed by atoms with Crippen molar-refractivity contribution in [1.29, 1.82) is 0 Å². The van der Waals surface area contributed by atoms with Crippen molar-refractivity contribution < 1.29 is 22.7 Å². The standard InChI is InChI=1S/C19H20ClN3O5S/c1-13(24)21-14-3-2-4-15(11-14)22-19(25)17-12-16(5-6-18(17)20)29(26,27)23-7-9-28-10-8-23/h2-6,11-12H,7-10H2,1H3,(H,21,24)(H,22,25). The van der Waals surface area contributed by atoms with Crippen molar-refractivity contribution in [3.63, 3.8) is 0 Å². The van der Waals surface area contributed by atoms with Gasteiger partial charge < -0.3 is 15.4 Å². The molecule has 1 heterocycles. The first-order valence-electron chi connectivity index (χ1n) is 8.84. The Morgan fingerprint density at radius 3 is 2.34 bits per heavy atom. The molecule has 154 valence electrons. The van der Waals surface area contributed by atoms with Crippen LogP contribution in [0, 0.1) is 0 Å². The Bertz CT molecular complexity index is 1040. The molecule has 2 aromatic rings. The molecule has 3 rings (SSSR count). The molecule has 1 fully saturated rings. The summed E-state index contributed by atoms with van der Waals surface area (Å²) in [7, 11) is -3.76. The van der Waals surface area contributed by atoms with Crippen molar-refractivity contribution >= 4 is 44.8 Å². The molecule has 1 saturated heterocycles. The summed E-state index contributed by atoms with van der Waals surface area (Å²) in [5, 5.41) is 5.42. The Morgan fingerprint density at radius 2 is 1.69 bits per heavy atom. The van der Waals surface area contributed by atoms with Crippen LogP contribution in [-0.2, 0) is 19.6 Å². The number of hydrogen-bond donors (Lipinski definition) is 2. The number of halogens is 1. The highest BCUT2D eigenvalue weighted by Crippen LogP contribution is 2.25. The summed E-state index contributed by atoms with van der Waals surface area (Å²) in [6, 6.07) is 10.6. The number of amides is 2. The summed E-state index contributed by atoms with van der Waals surface area (Å²) in [6.07, 6.45) is 0. The predicted octanol–water partition coefficient (Wildman–Crippen LogP) is 2.57. The van der Waals surface area contributed by atoms with Gasteiger partial charge in [-0.05, 0) is 36.4 Å². The van der Waals surface area contributed by atoms with Gasteiger partial charge in [0.05, 0.1) is 28.7 Å². The van der Waals surface area contributed by atoms with E-state index in [9.17, 15) is 18.0 Å². The lowest BCUT2D eigenvalue weighted by Gasteiger charge is -2.26. The van der Waals surface area contributed by atoms with E-state index in [2.05, 4.69) is 10.6 Å². The predicted molar refractivity (Wildman–Crippen MR) is 110 cm³/mol. The first kappa shape index (κ1) is 21.3. The van der Waals surface area contributed by atoms with Crippen molar-refractivity contribution in [3.05, 3.63) is 53.1 Å². The maximum absolute atomic E-state index is 12.8. The second-order valence-corrected chi connectivity index (χ2v) is 8.72. The number of nitrogens with zero attached hydrogens (tertiary/aromatic N) is 1. The van der Waals surface area contributed by atoms with Crippen molar-refractivity contribution in [2.75, 3.05) is 36.9 Å². The van der Waals surface area contributed by atoms with Gasteiger partial charge in [0.15, 0.2) is 0 Å². The number of nitrogens with one attached hydrogen (secondary N) is 2. The number of hydrogen-bond acceptors (Lipinski definition) is 5. The van der Waals surface area contributed by atoms with Gasteiger partial charge in [0.25, 0.3) is 5.91 Å². The zero-order chi connectivity index (χ0) is 21.0. The third-order valence-corrected chi connectivity index (χ3v) is 6.46. The van der Waals surface area contributed by atoms with E-state index in [0.29, 0.717) is 24.6 Å². The van der Waals surface area contributed by atoms with Crippen LogP contribution >= 0.6 is 11.6 Å². The summed E-state index contributed by atoms with van der Waals surface area (Å²) in [5.41, 5.74) is 0.981. The van der Waals surface area contributed by atoms with E-state index in [1.807, 2.05) is 0 Å². The molecule has 2 amide bonds. The Labute approximate surface area is 173 Å². The highest BCUT2D eigenvalue weighted by atomic mass is 35.5. The fourth-order valence-electron chi connectivity index (χ4n) is 2.85. The molecule has 1 aliphatic rings. The lowest BCUT2D eigenvalue weighted by molar-refractivity contribution is -0.114. The van der Waals surface area contributed by atoms with E-state index < -0.39 is 15.9 Å². The van der Waals surface area contributed by atoms with E-state index in [0.717, 1.165) is 0 Å². The molecule has 0 unspecified atom stereocenters. The number of morpholine rings is 1. The Morgan fingerprint density at radius 1 is 1.03 bits per heavy atom. The maximum atomic E-state index is 12.8. The van der Waals surface area contributed by atoms with Crippen LogP contribution in [0.15, 0.2) is 47.4 Å². The summed E-state index contributed by atoms with van der Waals surface area (Å²) in [5.74, 6) is -0.799. The first-order chi connectivity index (χ1) is 13.8. The van der Waals surface area contributed by atoms with E-state index in [-0.39, 0.29) is 34.5 Å². The molecule has 1 aliphatic heterocycles. The number of carbonyl (C=O) groups is 2. The van der Waals surface area contributed by atoms with E-state index >= 15 is 0 Å². The van der Waals surface area contributed by atoms with Crippen LogP contribution in [0.5, 0.6) is 0 Å². The molecule has 0 atom stereocenters. The molecule has 0 radical (unpaired) electrons. The number of sulfonamides is 1. The van der Waals surface area contributed by atoms with Gasteiger partial charge in [-0.1, -0.05) is 17.7 Å². The molecule has 0 aromatic heterocycles. The van der Waals surface area contributed by atoms with Gasteiger partial charge in [-0.25, -0.2) is 8.42 Å². The minimum Gasteiger partial charge on any atom is -0.379 e. The number of ether oxygens (including phenoxy) is 1. The van der Waals surface area contributed by atoms with Crippen LogP contribution in [0.3, 0.4) is 0 Å². The molecule has 10 heteroatoms. The SMILES string of the molecule is CC(=O)Nc1cccc(NC(=O)c2cc(S(=O)(=O)N3CCOCC3)ccc2Cl)c1. The van der Waals surface area contributed by atoms with Gasteiger partial charge >= 0.3 is 0 Å². The molecule has 2 aromatic carbocycles. The van der Waals surface area contributed by atoms with Gasteiger partial charge in [-0.2, -0.15) is 4.31 Å². The zero-order valence-electron chi connectivity index (χ0n) is 15.6. The molecule has 8 nitrogen and oxygen atoms in total. The molecule has 0 bridgehead atoms. The average molecular weight is 438 g/mol. The summed E-state index contributed by atoms with van der Waals surface area (Å²) in [4.78, 5) is 23.9. The monoisotopic (exact) mass is 437 g/mol. The zero-order valence-corrected chi connectivity index (χ0v) is 17.2. The fourth-order valence-corrected chi connectivity index (χ4v) is 4.49. The van der Waals surface area contributed by atoms with Crippen LogP contribution in [0.1, 0.15) is 17.3 Å². The lowest BCUT2D eigenvalue weighted by atomic mass is 10.2. The number of anilines is 2. The van der Waals surface area contributed by atoms with E-state index in [4.69, 9.17) is 16.3 Å². The van der Waals surface area contributed by atoms with Crippen LogP contribution in [0.25, 0.3) is 0 Å². The van der Waals surface area contributed by atoms with Gasteiger partial charge in [-0.3, -0.25) is 9.59 Å². The second kappa shape index (κ2) is 8.91. The van der Waals surface area contributed by atoms with Gasteiger partial charge in [-0.15, -0.1) is 0 Å². The normalized spacial score (nSPS) is 15.0. The Balaban J connectivity index is 1.84. The van der Waals surface area contributed by atoms with E-state index in [1.54, 1.807) is 24.3 Å². The largest absolute Gasteiger partial charge is 0.379 e. The summed E-state index contributed by atoms with van der Waals surface area (Å²) >= 11 is 6.15. The van der Waals surface area contributed by atoms with Gasteiger partial charge in [0, 0.05) is 31.4 Å². The van der Waals surface area contributed by atoms with Crippen LogP contribution in [0.2, 0.25) is 5.02 Å². The van der Waals surface area contributed by atoms with Crippen molar-refractivity contribution in [2.24, 2.45) is 0 Å². The third-order valence-electron chi connectivity index (χ3n) is 4.23. The lowest BCUT2D eigenvalue weighted by Crippen LogP contribution is -2.40. The third kappa shape index (κ3) is 5.13. The molecular formula is C19H20ClN3O5S. The van der Waals surface area contributed by atoms with Crippen molar-refractivity contribution in [3.8, 4) is 0 Å². The number of rotatable bonds is 5. The fraction of sp³-hybridized carbons (Fsp3) is 0.263. The number of benzene rings is 2. The van der Waals surface area contributed by atoms with Crippen LogP contribution in [-0.4, -0.2) is 50.8 Å². The van der Waals surface area contributed by atoms with E-state index in [1.165, 1.54) is 29.4 Å². The smallest absolute Gasteiger partial charge is 0.257 e. The topological polar surface area (TPSA) is 105 Å². The number of carbonyl (C=O) groups excluding carboxylic acids is 2. The van der Waals surface area contributed by atoms with Gasteiger partial charge in [0.2, 0.25) is 15.9 Å². The maximum Gasteiger partial charge on any atom is 0.257 e.